The molecule has 0 saturated carbocycles. The molecule has 0 spiro atoms. The summed E-state index contributed by atoms with van der Waals surface area (Å²) in [6.07, 6.45) is -13.3. The molecule has 3 heterocycles. The summed E-state index contributed by atoms with van der Waals surface area (Å²) in [6, 6.07) is 0. The smallest absolute Gasteiger partial charge is 0.432 e. The van der Waals surface area contributed by atoms with Crippen LogP contribution in [-0.4, -0.2) is 60.8 Å². The number of hydrogen-bond acceptors (Lipinski definition) is 8. The van der Waals surface area contributed by atoms with Gasteiger partial charge in [0.2, 0.25) is 0 Å². The summed E-state index contributed by atoms with van der Waals surface area (Å²) in [7, 11) is -6.79. The van der Waals surface area contributed by atoms with Crippen molar-refractivity contribution in [3.63, 3.8) is 0 Å². The van der Waals surface area contributed by atoms with Crippen LogP contribution in [0.15, 0.2) is 0 Å². The summed E-state index contributed by atoms with van der Waals surface area (Å²) in [6.45, 7) is 0. The molecule has 8 nitrogen and oxygen atoms in total. The lowest BCUT2D eigenvalue weighted by molar-refractivity contribution is -0.261. The molecule has 3 fully saturated rings. The first-order valence-corrected chi connectivity index (χ1v) is 8.12. The van der Waals surface area contributed by atoms with Crippen LogP contribution in [0.25, 0.3) is 0 Å². The number of ether oxygens (including phenoxy) is 3. The molecule has 3 rings (SSSR count). The van der Waals surface area contributed by atoms with Gasteiger partial charge in [0, 0.05) is 6.42 Å². The van der Waals surface area contributed by atoms with Gasteiger partial charge >= 0.3 is 23.4 Å². The Labute approximate surface area is 135 Å². The van der Waals surface area contributed by atoms with Crippen molar-refractivity contribution in [3.05, 3.63) is 0 Å². The highest BCUT2D eigenvalue weighted by atomic mass is 32.2. The summed E-state index contributed by atoms with van der Waals surface area (Å²) in [5, 5.41) is -5.95. The Balaban J connectivity index is 1.86. The molecule has 0 aromatic rings. The zero-order chi connectivity index (χ0) is 18.9. The van der Waals surface area contributed by atoms with Crippen molar-refractivity contribution in [2.75, 3.05) is 0 Å². The maximum atomic E-state index is 13.4. The highest BCUT2D eigenvalue weighted by Crippen LogP contribution is 2.51. The first-order chi connectivity index (χ1) is 11.2. The molecule has 3 saturated heterocycles. The first kappa shape index (κ1) is 18.3. The number of fused-ring (bicyclic) bond motifs is 1. The first-order valence-electron chi connectivity index (χ1n) is 6.71. The van der Waals surface area contributed by atoms with Crippen LogP contribution in [0.3, 0.4) is 0 Å². The van der Waals surface area contributed by atoms with E-state index in [9.17, 15) is 44.5 Å². The predicted molar refractivity (Wildman–Crippen MR) is 60.7 cm³/mol. The fourth-order valence-corrected chi connectivity index (χ4v) is 3.71. The van der Waals surface area contributed by atoms with Gasteiger partial charge < -0.3 is 18.8 Å². The van der Waals surface area contributed by atoms with E-state index in [2.05, 4.69) is 4.74 Å². The average molecular weight is 395 g/mol. The number of hydrogen-bond donors (Lipinski definition) is 0. The molecule has 0 amide bonds. The molecule has 3 aliphatic rings. The highest BCUT2D eigenvalue weighted by Gasteiger charge is 2.68. The van der Waals surface area contributed by atoms with E-state index in [1.807, 2.05) is 0 Å². The summed E-state index contributed by atoms with van der Waals surface area (Å²) >= 11 is 0. The minimum absolute atomic E-state index is 0.0421. The summed E-state index contributed by atoms with van der Waals surface area (Å²) in [5.41, 5.74) is 0. The largest absolute Gasteiger partial charge is 0.743 e. The normalized spacial score (nSPS) is 35.6. The Morgan fingerprint density at radius 1 is 1.24 bits per heavy atom. The second-order valence-corrected chi connectivity index (χ2v) is 7.23. The fraction of sp³-hybridized carbons (Fsp3) is 0.818. The molecule has 0 aliphatic carbocycles. The molecule has 25 heavy (non-hydrogen) atoms. The van der Waals surface area contributed by atoms with Crippen molar-refractivity contribution >= 4 is 22.1 Å². The third-order valence-electron chi connectivity index (χ3n) is 4.29. The van der Waals surface area contributed by atoms with Gasteiger partial charge in [0.25, 0.3) is 6.10 Å². The molecule has 6 unspecified atom stereocenters. The van der Waals surface area contributed by atoms with Crippen molar-refractivity contribution in [1.29, 1.82) is 0 Å². The average Bonchev–Trinajstić information content (AvgIpc) is 3.02. The Kier molecular flexibility index (Phi) is 3.82. The molecule has 0 aromatic carbocycles. The van der Waals surface area contributed by atoms with Crippen molar-refractivity contribution < 1.29 is 58.7 Å². The van der Waals surface area contributed by atoms with Crippen molar-refractivity contribution in [3.8, 4) is 0 Å². The van der Waals surface area contributed by atoms with Gasteiger partial charge in [-0.15, -0.1) is 0 Å². The lowest BCUT2D eigenvalue weighted by atomic mass is 9.80. The third kappa shape index (κ3) is 2.66. The monoisotopic (exact) mass is 395 g/mol. The lowest BCUT2D eigenvalue weighted by Gasteiger charge is -2.31. The fourth-order valence-electron chi connectivity index (χ4n) is 3.26. The Bertz CT molecular complexity index is 716. The van der Waals surface area contributed by atoms with Crippen LogP contribution in [0, 0.1) is 11.8 Å². The number of alkyl halides is 5. The van der Waals surface area contributed by atoms with E-state index in [0.29, 0.717) is 0 Å². The van der Waals surface area contributed by atoms with Gasteiger partial charge in [0.05, 0.1) is 12.0 Å². The lowest BCUT2D eigenvalue weighted by Crippen LogP contribution is -2.53. The van der Waals surface area contributed by atoms with Crippen LogP contribution in [0.2, 0.25) is 0 Å². The molecule has 142 valence electrons. The summed E-state index contributed by atoms with van der Waals surface area (Å²) in [4.78, 5) is 23.6. The van der Waals surface area contributed by atoms with E-state index >= 15 is 0 Å². The third-order valence-corrected chi connectivity index (χ3v) is 5.17. The molecule has 0 aromatic heterocycles. The van der Waals surface area contributed by atoms with E-state index in [4.69, 9.17) is 9.47 Å². The van der Waals surface area contributed by atoms with E-state index in [1.165, 1.54) is 0 Å². The van der Waals surface area contributed by atoms with Crippen LogP contribution in [-0.2, 0) is 33.9 Å². The van der Waals surface area contributed by atoms with Crippen molar-refractivity contribution in [2.24, 2.45) is 11.8 Å². The Morgan fingerprint density at radius 3 is 2.36 bits per heavy atom. The minimum Gasteiger partial charge on any atom is -0.743 e. The minimum atomic E-state index is -6.79. The van der Waals surface area contributed by atoms with Crippen molar-refractivity contribution in [1.82, 2.24) is 0 Å². The SMILES string of the molecule is O=C(OC(C(F)(F)F)C(F)(F)S(=O)(=O)[O-])C1C2CC3OC(=O)C1C3O2. The molecule has 3 aliphatic heterocycles. The Hall–Kier alpha value is -1.54. The molecular weight excluding hydrogens is 387 g/mol. The van der Waals surface area contributed by atoms with Crippen LogP contribution in [0.4, 0.5) is 22.0 Å². The summed E-state index contributed by atoms with van der Waals surface area (Å²) in [5.74, 6) is -5.86. The summed E-state index contributed by atoms with van der Waals surface area (Å²) < 4.78 is 110. The van der Waals surface area contributed by atoms with Crippen LogP contribution in [0.5, 0.6) is 0 Å². The van der Waals surface area contributed by atoms with Crippen LogP contribution in [0.1, 0.15) is 6.42 Å². The maximum Gasteiger partial charge on any atom is 0.432 e. The topological polar surface area (TPSA) is 119 Å². The number of carbonyl (C=O) groups is 2. The second-order valence-electron chi connectivity index (χ2n) is 5.78. The van der Waals surface area contributed by atoms with E-state index in [0.717, 1.165) is 0 Å². The second kappa shape index (κ2) is 5.23. The number of carbonyl (C=O) groups excluding carboxylic acids is 2. The number of esters is 2. The van der Waals surface area contributed by atoms with Gasteiger partial charge in [-0.1, -0.05) is 0 Å². The molecular formula is C11H8F5O8S-. The van der Waals surface area contributed by atoms with Gasteiger partial charge in [0.15, 0.2) is 10.1 Å². The van der Waals surface area contributed by atoms with Gasteiger partial charge in [0.1, 0.15) is 18.1 Å². The predicted octanol–water partition coefficient (Wildman–Crippen LogP) is -0.0726. The number of halogens is 5. The molecule has 2 bridgehead atoms. The molecule has 6 atom stereocenters. The van der Waals surface area contributed by atoms with Gasteiger partial charge in [-0.05, 0) is 0 Å². The van der Waals surface area contributed by atoms with E-state index < -0.39 is 69.7 Å². The van der Waals surface area contributed by atoms with Gasteiger partial charge in [-0.3, -0.25) is 9.59 Å². The molecule has 0 radical (unpaired) electrons. The zero-order valence-corrected chi connectivity index (χ0v) is 12.6. The van der Waals surface area contributed by atoms with Crippen LogP contribution >= 0.6 is 0 Å². The molecule has 0 N–H and O–H groups in total. The Morgan fingerprint density at radius 2 is 1.84 bits per heavy atom. The van der Waals surface area contributed by atoms with E-state index in [-0.39, 0.29) is 6.42 Å². The zero-order valence-electron chi connectivity index (χ0n) is 11.7. The number of rotatable bonds is 4. The highest BCUT2D eigenvalue weighted by molar-refractivity contribution is 7.86. The quantitative estimate of drug-likeness (QED) is 0.369. The molecule has 14 heteroatoms. The van der Waals surface area contributed by atoms with E-state index in [1.54, 1.807) is 0 Å². The van der Waals surface area contributed by atoms with Crippen molar-refractivity contribution in [2.45, 2.75) is 42.3 Å². The van der Waals surface area contributed by atoms with Gasteiger partial charge in [-0.2, -0.15) is 22.0 Å². The van der Waals surface area contributed by atoms with Gasteiger partial charge in [-0.25, -0.2) is 8.42 Å². The van der Waals surface area contributed by atoms with Crippen LogP contribution < -0.4 is 0 Å². The maximum absolute atomic E-state index is 13.4. The standard InChI is InChI=1S/C11H9F5O8S/c12-10(13,14)9(11(15,16)25(19,20)21)24-7(17)4-2-1-3-6(22-2)5(4)8(18)23-3/h2-6,9H,1H2,(H,19,20,21)/p-1.